The highest BCUT2D eigenvalue weighted by Crippen LogP contribution is 2.54. The van der Waals surface area contributed by atoms with Crippen molar-refractivity contribution in [3.63, 3.8) is 0 Å². The van der Waals surface area contributed by atoms with Crippen molar-refractivity contribution in [1.82, 2.24) is 0 Å². The second-order valence-electron chi connectivity index (χ2n) is 18.1. The van der Waals surface area contributed by atoms with Gasteiger partial charge in [0.25, 0.3) is 0 Å². The summed E-state index contributed by atoms with van der Waals surface area (Å²) < 4.78 is 2.71. The van der Waals surface area contributed by atoms with Crippen molar-refractivity contribution >= 4 is 69.4 Å². The molecule has 0 N–H and O–H groups in total. The van der Waals surface area contributed by atoms with E-state index in [9.17, 15) is 0 Å². The maximum absolute atomic E-state index is 4.51. The number of allylic oxidation sites excluding steroid dienone is 4. The molecule has 0 aliphatic heterocycles. The Kier molecular flexibility index (Phi) is 7.60. The van der Waals surface area contributed by atoms with Crippen LogP contribution in [-0.2, 0) is 10.8 Å². The number of rotatable bonds is 5. The van der Waals surface area contributed by atoms with Crippen LogP contribution in [0.3, 0.4) is 0 Å². The largest absolute Gasteiger partial charge is 0.135 e. The standard InChI is InChI=1S/C60H44S/c1-7-8-15-35(2)56-41-16-9-11-18-43(41)57(44-19-12-10-17-42(44)56)39-24-28-50-47(32-39)40-26-22-37(33-52(40)59(50,3)4)36-23-27-51-48(30-36)49-31-38-25-29-55-58(45-20-13-14-21-54(45)61-55)46(38)34-53(49)60(51,5)6/h7-34H,1-2H2,3-6H3/b15-8-. The van der Waals surface area contributed by atoms with Crippen LogP contribution in [0.15, 0.2) is 183 Å². The summed E-state index contributed by atoms with van der Waals surface area (Å²) in [4.78, 5) is 0. The smallest absolute Gasteiger partial charge is 0.0361 e. The fraction of sp³-hybridized carbons (Fsp3) is 0.100. The van der Waals surface area contributed by atoms with Crippen molar-refractivity contribution in [2.24, 2.45) is 0 Å². The lowest BCUT2D eigenvalue weighted by molar-refractivity contribution is 0.660. The molecule has 12 rings (SSSR count). The zero-order valence-corrected chi connectivity index (χ0v) is 35.8. The first-order valence-electron chi connectivity index (χ1n) is 21.4. The van der Waals surface area contributed by atoms with Gasteiger partial charge in [-0.3, -0.25) is 0 Å². The van der Waals surface area contributed by atoms with Gasteiger partial charge in [0.15, 0.2) is 0 Å². The van der Waals surface area contributed by atoms with Crippen LogP contribution in [0, 0.1) is 0 Å². The van der Waals surface area contributed by atoms with Crippen molar-refractivity contribution in [3.05, 3.63) is 211 Å². The van der Waals surface area contributed by atoms with Crippen molar-refractivity contribution in [3.8, 4) is 44.5 Å². The number of hydrogen-bond acceptors (Lipinski definition) is 1. The van der Waals surface area contributed by atoms with Crippen LogP contribution in [0.25, 0.3) is 103 Å². The molecule has 1 heterocycles. The van der Waals surface area contributed by atoms with Crippen LogP contribution in [0.1, 0.15) is 55.5 Å². The molecule has 0 atom stereocenters. The molecule has 0 nitrogen and oxygen atoms in total. The molecule has 10 aromatic rings. The van der Waals surface area contributed by atoms with Gasteiger partial charge in [0.05, 0.1) is 0 Å². The summed E-state index contributed by atoms with van der Waals surface area (Å²) >= 11 is 1.90. The minimum atomic E-state index is -0.149. The van der Waals surface area contributed by atoms with Gasteiger partial charge < -0.3 is 0 Å². The van der Waals surface area contributed by atoms with Gasteiger partial charge in [-0.15, -0.1) is 11.3 Å². The highest BCUT2D eigenvalue weighted by Gasteiger charge is 2.38. The SMILES string of the molecule is C=C/C=C\C(=C)c1c2ccccc2c(-c2ccc3c(c2)-c2ccc(-c4ccc5c(c4)-c4cc6ccc7sc8ccccc8c7c6cc4C5(C)C)cc2C3(C)C)c2ccccc12. The van der Waals surface area contributed by atoms with E-state index in [-0.39, 0.29) is 10.8 Å². The Bertz CT molecular complexity index is 3560. The number of hydrogen-bond donors (Lipinski definition) is 0. The second-order valence-corrected chi connectivity index (χ2v) is 19.2. The van der Waals surface area contributed by atoms with Crippen LogP contribution in [0.2, 0.25) is 0 Å². The van der Waals surface area contributed by atoms with Gasteiger partial charge in [0.2, 0.25) is 0 Å². The molecule has 1 heteroatoms. The van der Waals surface area contributed by atoms with Crippen LogP contribution in [-0.4, -0.2) is 0 Å². The molecule has 0 bridgehead atoms. The second kappa shape index (κ2) is 12.9. The van der Waals surface area contributed by atoms with Gasteiger partial charge in [0, 0.05) is 31.0 Å². The molecule has 9 aromatic carbocycles. The first-order chi connectivity index (χ1) is 29.6. The number of fused-ring (bicyclic) bond motifs is 13. The summed E-state index contributed by atoms with van der Waals surface area (Å²) in [5.41, 5.74) is 17.9. The zero-order valence-electron chi connectivity index (χ0n) is 35.0. The first kappa shape index (κ1) is 36.1. The molecule has 0 spiro atoms. The molecule has 1 aromatic heterocycles. The summed E-state index contributed by atoms with van der Waals surface area (Å²) in [6.07, 6.45) is 5.85. The van der Waals surface area contributed by atoms with Crippen molar-refractivity contribution < 1.29 is 0 Å². The Labute approximate surface area is 361 Å². The summed E-state index contributed by atoms with van der Waals surface area (Å²) in [5.74, 6) is 0. The lowest BCUT2D eigenvalue weighted by Crippen LogP contribution is -2.15. The van der Waals surface area contributed by atoms with E-state index in [2.05, 4.69) is 199 Å². The van der Waals surface area contributed by atoms with Crippen molar-refractivity contribution in [1.29, 1.82) is 0 Å². The average Bonchev–Trinajstić information content (AvgIpc) is 3.85. The predicted octanol–water partition coefficient (Wildman–Crippen LogP) is 17.2. The normalized spacial score (nSPS) is 14.6. The zero-order chi connectivity index (χ0) is 41.4. The van der Waals surface area contributed by atoms with E-state index < -0.39 is 0 Å². The third kappa shape index (κ3) is 5.05. The maximum Gasteiger partial charge on any atom is 0.0361 e. The van der Waals surface area contributed by atoms with Crippen LogP contribution < -0.4 is 0 Å². The lowest BCUT2D eigenvalue weighted by atomic mass is 9.80. The maximum atomic E-state index is 4.51. The fourth-order valence-electron chi connectivity index (χ4n) is 11.1. The summed E-state index contributed by atoms with van der Waals surface area (Å²) in [6.45, 7) is 18.0. The van der Waals surface area contributed by atoms with Crippen LogP contribution >= 0.6 is 11.3 Å². The molecule has 0 amide bonds. The summed E-state index contributed by atoms with van der Waals surface area (Å²) in [7, 11) is 0. The number of thiophene rings is 1. The van der Waals surface area contributed by atoms with Gasteiger partial charge in [-0.25, -0.2) is 0 Å². The molecule has 0 saturated carbocycles. The molecule has 0 unspecified atom stereocenters. The molecular weight excluding hydrogens is 753 g/mol. The van der Waals surface area contributed by atoms with Gasteiger partial charge in [-0.05, 0) is 153 Å². The van der Waals surface area contributed by atoms with Crippen molar-refractivity contribution in [2.45, 2.75) is 38.5 Å². The van der Waals surface area contributed by atoms with Gasteiger partial charge in [0.1, 0.15) is 0 Å². The van der Waals surface area contributed by atoms with Crippen LogP contribution in [0.4, 0.5) is 0 Å². The molecule has 61 heavy (non-hydrogen) atoms. The quantitative estimate of drug-likeness (QED) is 0.120. The van der Waals surface area contributed by atoms with Gasteiger partial charge in [-0.2, -0.15) is 0 Å². The third-order valence-corrected chi connectivity index (χ3v) is 15.3. The van der Waals surface area contributed by atoms with E-state index in [4.69, 9.17) is 0 Å². The third-order valence-electron chi connectivity index (χ3n) is 14.1. The average molecular weight is 797 g/mol. The van der Waals surface area contributed by atoms with Crippen LogP contribution in [0.5, 0.6) is 0 Å². The van der Waals surface area contributed by atoms with E-state index in [0.717, 1.165) is 5.57 Å². The Balaban J connectivity index is 0.976. The monoisotopic (exact) mass is 796 g/mol. The molecule has 2 aliphatic carbocycles. The van der Waals surface area contributed by atoms with Crippen molar-refractivity contribution in [2.75, 3.05) is 0 Å². The Morgan fingerprint density at radius 1 is 0.475 bits per heavy atom. The summed E-state index contributed by atoms with van der Waals surface area (Å²) in [6, 6.07) is 57.7. The van der Waals surface area contributed by atoms with E-state index in [0.29, 0.717) is 0 Å². The molecule has 2 aliphatic rings. The molecular formula is C60H44S. The Hall–Kier alpha value is -6.80. The lowest BCUT2D eigenvalue weighted by Gasteiger charge is -2.23. The minimum absolute atomic E-state index is 0.0991. The molecule has 0 saturated heterocycles. The number of benzene rings is 9. The fourth-order valence-corrected chi connectivity index (χ4v) is 12.2. The predicted molar refractivity (Wildman–Crippen MR) is 266 cm³/mol. The Morgan fingerprint density at radius 3 is 1.74 bits per heavy atom. The van der Waals surface area contributed by atoms with Gasteiger partial charge >= 0.3 is 0 Å². The van der Waals surface area contributed by atoms with E-state index in [1.54, 1.807) is 0 Å². The van der Waals surface area contributed by atoms with E-state index >= 15 is 0 Å². The molecule has 290 valence electrons. The minimum Gasteiger partial charge on any atom is -0.135 e. The highest BCUT2D eigenvalue weighted by molar-refractivity contribution is 7.26. The molecule has 0 radical (unpaired) electrons. The van der Waals surface area contributed by atoms with E-state index in [1.807, 2.05) is 23.5 Å². The van der Waals surface area contributed by atoms with Gasteiger partial charge in [-0.1, -0.05) is 168 Å². The topological polar surface area (TPSA) is 0 Å². The first-order valence-corrected chi connectivity index (χ1v) is 22.2. The molecule has 0 fully saturated rings. The Morgan fingerprint density at radius 2 is 1.03 bits per heavy atom. The highest BCUT2D eigenvalue weighted by atomic mass is 32.1. The van der Waals surface area contributed by atoms with E-state index in [1.165, 1.54) is 125 Å². The summed E-state index contributed by atoms with van der Waals surface area (Å²) in [5, 5.41) is 10.3.